The summed E-state index contributed by atoms with van der Waals surface area (Å²) >= 11 is 1.45. The SMILES string of the molecule is CC(c1[nH]c(-c2ccnc3cc(CN4C(=O)C5C(C4=O)C5(C)C)sc23)cc1[N+](=O)[O-])[C@H]1CNCCO1. The third-order valence-electron chi connectivity index (χ3n) is 7.95. The summed E-state index contributed by atoms with van der Waals surface area (Å²) < 4.78 is 6.70. The van der Waals surface area contributed by atoms with E-state index in [9.17, 15) is 19.7 Å². The van der Waals surface area contributed by atoms with E-state index in [-0.39, 0.29) is 58.2 Å². The van der Waals surface area contributed by atoms with Gasteiger partial charge in [0.15, 0.2) is 0 Å². The molecule has 2 saturated heterocycles. The zero-order valence-electron chi connectivity index (χ0n) is 20.2. The molecular formula is C25H27N5O5S. The van der Waals surface area contributed by atoms with Crippen LogP contribution in [0.25, 0.3) is 21.5 Å². The number of morpholine rings is 1. The average Bonchev–Trinajstić information content (AvgIpc) is 3.25. The standard InChI is InChI=1S/C25H27N5O5S/c1-12(18-10-26-6-7-35-18)21-17(30(33)34)9-15(28-21)14-4-5-27-16-8-13(36-22(14)16)11-29-23(31)19-20(24(29)32)25(19,2)3/h4-5,8-9,12,18-20,26,28H,6-7,10-11H2,1-3H3/t12?,18-,19?,20?/m1/s1. The Bertz CT molecular complexity index is 1380. The van der Waals surface area contributed by atoms with Crippen LogP contribution in [0.15, 0.2) is 24.4 Å². The molecule has 36 heavy (non-hydrogen) atoms. The second-order valence-electron chi connectivity index (χ2n) is 10.5. The summed E-state index contributed by atoms with van der Waals surface area (Å²) in [6, 6.07) is 5.29. The van der Waals surface area contributed by atoms with Crippen LogP contribution in [0.2, 0.25) is 0 Å². The fourth-order valence-electron chi connectivity index (χ4n) is 5.79. The smallest absolute Gasteiger partial charge is 0.290 e. The topological polar surface area (TPSA) is 130 Å². The van der Waals surface area contributed by atoms with Crippen LogP contribution in [0.4, 0.5) is 5.69 Å². The van der Waals surface area contributed by atoms with Crippen LogP contribution in [0, 0.1) is 27.4 Å². The first-order chi connectivity index (χ1) is 17.2. The molecule has 11 heteroatoms. The van der Waals surface area contributed by atoms with Crippen molar-refractivity contribution in [2.75, 3.05) is 19.7 Å². The molecule has 10 nitrogen and oxygen atoms in total. The minimum absolute atomic E-state index is 0.0310. The Kier molecular flexibility index (Phi) is 5.29. The van der Waals surface area contributed by atoms with Crippen molar-refractivity contribution in [2.24, 2.45) is 17.3 Å². The Hall–Kier alpha value is -3.15. The number of ether oxygens (including phenoxy) is 1. The predicted molar refractivity (Wildman–Crippen MR) is 133 cm³/mol. The third-order valence-corrected chi connectivity index (χ3v) is 9.09. The van der Waals surface area contributed by atoms with E-state index in [0.29, 0.717) is 24.5 Å². The Morgan fingerprint density at radius 1 is 1.31 bits per heavy atom. The molecule has 3 fully saturated rings. The highest BCUT2D eigenvalue weighted by molar-refractivity contribution is 7.19. The Morgan fingerprint density at radius 2 is 2.06 bits per heavy atom. The van der Waals surface area contributed by atoms with Crippen molar-refractivity contribution in [3.8, 4) is 11.3 Å². The number of rotatable bonds is 6. The summed E-state index contributed by atoms with van der Waals surface area (Å²) in [5.41, 5.74) is 2.47. The molecular weight excluding hydrogens is 482 g/mol. The monoisotopic (exact) mass is 509 g/mol. The number of carbonyl (C=O) groups is 2. The fraction of sp³-hybridized carbons (Fsp3) is 0.480. The van der Waals surface area contributed by atoms with Crippen LogP contribution in [-0.4, -0.2) is 57.4 Å². The number of nitrogens with one attached hydrogen (secondary N) is 2. The summed E-state index contributed by atoms with van der Waals surface area (Å²) in [5, 5.41) is 15.2. The van der Waals surface area contributed by atoms with Crippen molar-refractivity contribution in [1.29, 1.82) is 0 Å². The van der Waals surface area contributed by atoms with Gasteiger partial charge < -0.3 is 15.0 Å². The molecule has 2 aliphatic heterocycles. The number of fused-ring (bicyclic) bond motifs is 2. The van der Waals surface area contributed by atoms with Gasteiger partial charge in [0.1, 0.15) is 0 Å². The lowest BCUT2D eigenvalue weighted by molar-refractivity contribution is -0.385. The number of aromatic amines is 1. The van der Waals surface area contributed by atoms with Crippen LogP contribution >= 0.6 is 11.3 Å². The first-order valence-corrected chi connectivity index (χ1v) is 12.9. The molecule has 0 spiro atoms. The molecule has 3 aliphatic rings. The number of H-pyrrole nitrogens is 1. The number of nitrogens with zero attached hydrogens (tertiary/aromatic N) is 3. The van der Waals surface area contributed by atoms with E-state index in [1.165, 1.54) is 16.2 Å². The molecule has 0 aromatic carbocycles. The van der Waals surface area contributed by atoms with Gasteiger partial charge in [0.2, 0.25) is 11.8 Å². The van der Waals surface area contributed by atoms with E-state index in [2.05, 4.69) is 15.3 Å². The molecule has 3 aromatic rings. The van der Waals surface area contributed by atoms with E-state index in [0.717, 1.165) is 27.2 Å². The molecule has 3 unspecified atom stereocenters. The van der Waals surface area contributed by atoms with Crippen molar-refractivity contribution in [3.63, 3.8) is 0 Å². The Labute approximate surface area is 211 Å². The summed E-state index contributed by atoms with van der Waals surface area (Å²) in [6.07, 6.45) is 1.50. The molecule has 0 radical (unpaired) electrons. The second-order valence-corrected chi connectivity index (χ2v) is 11.6. The van der Waals surface area contributed by atoms with E-state index < -0.39 is 0 Å². The number of nitro groups is 1. The predicted octanol–water partition coefficient (Wildman–Crippen LogP) is 3.43. The zero-order valence-corrected chi connectivity index (χ0v) is 21.1. The number of amides is 2. The van der Waals surface area contributed by atoms with Crippen molar-refractivity contribution in [3.05, 3.63) is 45.1 Å². The number of hydrogen-bond acceptors (Lipinski definition) is 8. The molecule has 1 aliphatic carbocycles. The first-order valence-electron chi connectivity index (χ1n) is 12.1. The van der Waals surface area contributed by atoms with Gasteiger partial charge in [-0.15, -0.1) is 11.3 Å². The van der Waals surface area contributed by atoms with Gasteiger partial charge in [-0.05, 0) is 17.5 Å². The maximum absolute atomic E-state index is 12.8. The van der Waals surface area contributed by atoms with Crippen LogP contribution in [0.3, 0.4) is 0 Å². The second kappa shape index (κ2) is 8.19. The Balaban J connectivity index is 1.32. The van der Waals surface area contributed by atoms with E-state index in [1.54, 1.807) is 12.3 Å². The quantitative estimate of drug-likeness (QED) is 0.296. The summed E-state index contributed by atoms with van der Waals surface area (Å²) in [5.74, 6) is -0.823. The first kappa shape index (κ1) is 23.3. The third kappa shape index (κ3) is 3.48. The Morgan fingerprint density at radius 3 is 2.72 bits per heavy atom. The van der Waals surface area contributed by atoms with Crippen molar-refractivity contribution in [2.45, 2.75) is 39.3 Å². The largest absolute Gasteiger partial charge is 0.375 e. The number of carbonyl (C=O) groups excluding carboxylic acids is 2. The zero-order chi connectivity index (χ0) is 25.4. The van der Waals surface area contributed by atoms with Gasteiger partial charge in [-0.25, -0.2) is 0 Å². The average molecular weight is 510 g/mol. The molecule has 3 aromatic heterocycles. The molecule has 4 atom stereocenters. The number of aromatic nitrogens is 2. The molecule has 2 amide bonds. The summed E-state index contributed by atoms with van der Waals surface area (Å²) in [7, 11) is 0. The number of likely N-dealkylation sites (tertiary alicyclic amines) is 1. The number of imide groups is 1. The van der Waals surface area contributed by atoms with Crippen LogP contribution in [-0.2, 0) is 20.9 Å². The van der Waals surface area contributed by atoms with E-state index in [4.69, 9.17) is 4.74 Å². The van der Waals surface area contributed by atoms with Gasteiger partial charge in [-0.3, -0.25) is 29.6 Å². The van der Waals surface area contributed by atoms with Crippen LogP contribution in [0.5, 0.6) is 0 Å². The highest BCUT2D eigenvalue weighted by atomic mass is 32.1. The lowest BCUT2D eigenvalue weighted by Crippen LogP contribution is -2.41. The number of piperidine rings is 1. The maximum Gasteiger partial charge on any atom is 0.290 e. The molecule has 1 saturated carbocycles. The van der Waals surface area contributed by atoms with Crippen molar-refractivity contribution < 1.29 is 19.2 Å². The van der Waals surface area contributed by atoms with Gasteiger partial charge in [-0.2, -0.15) is 0 Å². The summed E-state index contributed by atoms with van der Waals surface area (Å²) in [4.78, 5) is 47.1. The van der Waals surface area contributed by atoms with Gasteiger partial charge >= 0.3 is 0 Å². The van der Waals surface area contributed by atoms with Crippen LogP contribution < -0.4 is 5.32 Å². The lowest BCUT2D eigenvalue weighted by Gasteiger charge is -2.28. The number of hydrogen-bond donors (Lipinski definition) is 2. The van der Waals surface area contributed by atoms with Gasteiger partial charge in [0.25, 0.3) is 5.69 Å². The summed E-state index contributed by atoms with van der Waals surface area (Å²) in [6.45, 7) is 8.06. The molecule has 0 bridgehead atoms. The van der Waals surface area contributed by atoms with E-state index >= 15 is 0 Å². The highest BCUT2D eigenvalue weighted by Gasteiger charge is 2.72. The van der Waals surface area contributed by atoms with Crippen molar-refractivity contribution >= 4 is 39.1 Å². The number of thiophene rings is 1. The minimum Gasteiger partial charge on any atom is -0.375 e. The molecule has 2 N–H and O–H groups in total. The highest BCUT2D eigenvalue weighted by Crippen LogP contribution is 2.63. The lowest BCUT2D eigenvalue weighted by atomic mass is 9.99. The molecule has 5 heterocycles. The van der Waals surface area contributed by atoms with Crippen molar-refractivity contribution in [1.82, 2.24) is 20.2 Å². The maximum atomic E-state index is 12.8. The van der Waals surface area contributed by atoms with E-state index in [1.807, 2.05) is 32.9 Å². The molecule has 188 valence electrons. The van der Waals surface area contributed by atoms with Gasteiger partial charge in [0.05, 0.1) is 57.6 Å². The molecule has 6 rings (SSSR count). The minimum atomic E-state index is -0.363. The van der Waals surface area contributed by atoms with Gasteiger partial charge in [-0.1, -0.05) is 20.8 Å². The van der Waals surface area contributed by atoms with Gasteiger partial charge in [0, 0.05) is 41.7 Å². The normalized spacial score (nSPS) is 25.9. The fourth-order valence-corrected chi connectivity index (χ4v) is 6.92. The van der Waals surface area contributed by atoms with Crippen LogP contribution in [0.1, 0.15) is 37.3 Å². The number of pyridine rings is 1.